The van der Waals surface area contributed by atoms with Crippen molar-refractivity contribution in [2.45, 2.75) is 17.4 Å². The number of thioether (sulfide) groups is 2. The summed E-state index contributed by atoms with van der Waals surface area (Å²) in [6.45, 7) is 2.20. The smallest absolute Gasteiger partial charge is 0.341 e. The SMILES string of the molecule is CC1(c2ccc3c(=O)c(C(=O)O)c[nH]c3c2)SCCCS1. The summed E-state index contributed by atoms with van der Waals surface area (Å²) < 4.78 is -0.00516. The fraction of sp³-hybridized carbons (Fsp3) is 0.333. The molecule has 0 unspecified atom stereocenters. The minimum atomic E-state index is -1.20. The van der Waals surface area contributed by atoms with Gasteiger partial charge in [-0.05, 0) is 42.5 Å². The summed E-state index contributed by atoms with van der Waals surface area (Å²) in [5.41, 5.74) is 1.19. The Balaban J connectivity index is 2.11. The van der Waals surface area contributed by atoms with E-state index < -0.39 is 11.4 Å². The maximum Gasteiger partial charge on any atom is 0.341 e. The van der Waals surface area contributed by atoms with Crippen molar-refractivity contribution in [2.24, 2.45) is 0 Å². The molecular formula is C15H15NO3S2. The summed E-state index contributed by atoms with van der Waals surface area (Å²) >= 11 is 3.83. The number of aromatic carboxylic acids is 1. The highest BCUT2D eigenvalue weighted by atomic mass is 32.2. The maximum absolute atomic E-state index is 12.1. The predicted octanol–water partition coefficient (Wildman–Crippen LogP) is 3.27. The molecule has 2 N–H and O–H groups in total. The Morgan fingerprint density at radius 1 is 1.33 bits per heavy atom. The molecule has 110 valence electrons. The number of pyridine rings is 1. The second kappa shape index (κ2) is 5.42. The first-order chi connectivity index (χ1) is 10.0. The van der Waals surface area contributed by atoms with Gasteiger partial charge in [0, 0.05) is 17.1 Å². The number of fused-ring (bicyclic) bond motifs is 1. The molecule has 21 heavy (non-hydrogen) atoms. The van der Waals surface area contributed by atoms with Crippen LogP contribution >= 0.6 is 23.5 Å². The maximum atomic E-state index is 12.1. The Labute approximate surface area is 130 Å². The van der Waals surface area contributed by atoms with Gasteiger partial charge in [0.15, 0.2) is 0 Å². The number of hydrogen-bond acceptors (Lipinski definition) is 4. The predicted molar refractivity (Wildman–Crippen MR) is 88.4 cm³/mol. The van der Waals surface area contributed by atoms with Crippen LogP contribution in [0.5, 0.6) is 0 Å². The van der Waals surface area contributed by atoms with E-state index in [2.05, 4.69) is 11.9 Å². The Morgan fingerprint density at radius 2 is 2.05 bits per heavy atom. The fourth-order valence-electron chi connectivity index (χ4n) is 2.46. The van der Waals surface area contributed by atoms with Gasteiger partial charge >= 0.3 is 5.97 Å². The number of hydrogen-bond donors (Lipinski definition) is 2. The molecule has 0 aliphatic carbocycles. The lowest BCUT2D eigenvalue weighted by molar-refractivity contribution is 0.0695. The standard InChI is InChI=1S/C15H15NO3S2/c1-15(20-5-2-6-21-15)9-3-4-10-12(7-9)16-8-11(13(10)17)14(18)19/h3-4,7-8H,2,5-6H2,1H3,(H,16,17)(H,18,19). The number of carboxylic acid groups (broad SMARTS) is 1. The van der Waals surface area contributed by atoms with Gasteiger partial charge in [-0.25, -0.2) is 4.79 Å². The van der Waals surface area contributed by atoms with E-state index in [0.29, 0.717) is 10.9 Å². The van der Waals surface area contributed by atoms with Crippen LogP contribution in [0.1, 0.15) is 29.3 Å². The van der Waals surface area contributed by atoms with Crippen LogP contribution in [0.4, 0.5) is 0 Å². The molecule has 0 spiro atoms. The highest BCUT2D eigenvalue weighted by Gasteiger charge is 2.30. The first-order valence-corrected chi connectivity index (χ1v) is 8.65. The van der Waals surface area contributed by atoms with Crippen molar-refractivity contribution < 1.29 is 9.90 Å². The molecule has 1 aromatic carbocycles. The minimum Gasteiger partial charge on any atom is -0.477 e. The molecule has 4 nitrogen and oxygen atoms in total. The van der Waals surface area contributed by atoms with Gasteiger partial charge in [0.2, 0.25) is 5.43 Å². The molecule has 0 amide bonds. The van der Waals surface area contributed by atoms with E-state index in [1.54, 1.807) is 6.07 Å². The molecule has 2 heterocycles. The van der Waals surface area contributed by atoms with Crippen LogP contribution in [-0.2, 0) is 4.08 Å². The number of benzene rings is 1. The van der Waals surface area contributed by atoms with E-state index in [9.17, 15) is 9.59 Å². The highest BCUT2D eigenvalue weighted by molar-refractivity contribution is 8.18. The van der Waals surface area contributed by atoms with Gasteiger partial charge < -0.3 is 10.1 Å². The molecule has 6 heteroatoms. The quantitative estimate of drug-likeness (QED) is 0.888. The van der Waals surface area contributed by atoms with Gasteiger partial charge in [-0.2, -0.15) is 0 Å². The van der Waals surface area contributed by atoms with Crippen LogP contribution in [0.3, 0.4) is 0 Å². The molecule has 1 aliphatic heterocycles. The first kappa shape index (κ1) is 14.5. The normalized spacial score (nSPS) is 17.8. The summed E-state index contributed by atoms with van der Waals surface area (Å²) in [4.78, 5) is 26.1. The molecule has 1 aliphatic rings. The van der Waals surface area contributed by atoms with Crippen LogP contribution in [0, 0.1) is 0 Å². The van der Waals surface area contributed by atoms with E-state index in [1.807, 2.05) is 35.7 Å². The van der Waals surface area contributed by atoms with Gasteiger partial charge in [-0.3, -0.25) is 4.79 Å². The zero-order chi connectivity index (χ0) is 15.0. The molecule has 2 aromatic rings. The Morgan fingerprint density at radius 3 is 2.71 bits per heavy atom. The summed E-state index contributed by atoms with van der Waals surface area (Å²) in [6.07, 6.45) is 2.50. The largest absolute Gasteiger partial charge is 0.477 e. The fourth-order valence-corrected chi connectivity index (χ4v) is 5.42. The zero-order valence-corrected chi connectivity index (χ0v) is 13.1. The summed E-state index contributed by atoms with van der Waals surface area (Å²) in [5, 5.41) is 9.42. The van der Waals surface area contributed by atoms with Crippen molar-refractivity contribution in [3.05, 3.63) is 45.7 Å². The van der Waals surface area contributed by atoms with Gasteiger partial charge in [-0.15, -0.1) is 23.5 Å². The lowest BCUT2D eigenvalue weighted by atomic mass is 10.1. The average Bonchev–Trinajstić information content (AvgIpc) is 2.47. The van der Waals surface area contributed by atoms with Crippen LogP contribution in [0.15, 0.2) is 29.2 Å². The van der Waals surface area contributed by atoms with E-state index in [-0.39, 0.29) is 9.64 Å². The highest BCUT2D eigenvalue weighted by Crippen LogP contribution is 2.49. The number of aromatic nitrogens is 1. The van der Waals surface area contributed by atoms with Crippen molar-refractivity contribution in [3.63, 3.8) is 0 Å². The van der Waals surface area contributed by atoms with Crippen LogP contribution < -0.4 is 5.43 Å². The van der Waals surface area contributed by atoms with Gasteiger partial charge in [-0.1, -0.05) is 6.07 Å². The Kier molecular flexibility index (Phi) is 3.75. The monoisotopic (exact) mass is 321 g/mol. The number of carbonyl (C=O) groups is 1. The second-order valence-corrected chi connectivity index (χ2v) is 8.38. The van der Waals surface area contributed by atoms with Gasteiger partial charge in [0.05, 0.1) is 4.08 Å². The Hall–Kier alpha value is -1.40. The second-order valence-electron chi connectivity index (χ2n) is 5.09. The zero-order valence-electron chi connectivity index (χ0n) is 11.5. The molecular weight excluding hydrogens is 306 g/mol. The number of H-pyrrole nitrogens is 1. The lowest BCUT2D eigenvalue weighted by Gasteiger charge is -2.32. The van der Waals surface area contributed by atoms with E-state index in [0.717, 1.165) is 17.1 Å². The summed E-state index contributed by atoms with van der Waals surface area (Å²) in [5.74, 6) is 1.07. The van der Waals surface area contributed by atoms with Crippen LogP contribution in [0.2, 0.25) is 0 Å². The number of carboxylic acids is 1. The summed E-state index contributed by atoms with van der Waals surface area (Å²) in [6, 6.07) is 5.64. The van der Waals surface area contributed by atoms with E-state index in [4.69, 9.17) is 5.11 Å². The first-order valence-electron chi connectivity index (χ1n) is 6.68. The molecule has 1 fully saturated rings. The molecule has 0 atom stereocenters. The third-order valence-electron chi connectivity index (χ3n) is 3.68. The third-order valence-corrected chi connectivity index (χ3v) is 6.95. The molecule has 0 radical (unpaired) electrons. The van der Waals surface area contributed by atoms with Crippen LogP contribution in [0.25, 0.3) is 10.9 Å². The van der Waals surface area contributed by atoms with Gasteiger partial charge in [0.1, 0.15) is 5.56 Å². The number of nitrogens with one attached hydrogen (secondary N) is 1. The molecule has 0 bridgehead atoms. The molecule has 3 rings (SSSR count). The van der Waals surface area contributed by atoms with Crippen molar-refractivity contribution >= 4 is 40.4 Å². The van der Waals surface area contributed by atoms with E-state index >= 15 is 0 Å². The third kappa shape index (κ3) is 2.58. The molecule has 1 aromatic heterocycles. The lowest BCUT2D eigenvalue weighted by Crippen LogP contribution is -2.19. The number of aromatic amines is 1. The van der Waals surface area contributed by atoms with E-state index in [1.165, 1.54) is 12.6 Å². The molecule has 1 saturated heterocycles. The minimum absolute atomic E-state index is 0.00516. The Bertz CT molecular complexity index is 763. The topological polar surface area (TPSA) is 70.2 Å². The van der Waals surface area contributed by atoms with Crippen molar-refractivity contribution in [1.82, 2.24) is 4.98 Å². The molecule has 0 saturated carbocycles. The average molecular weight is 321 g/mol. The number of rotatable bonds is 2. The van der Waals surface area contributed by atoms with Crippen molar-refractivity contribution in [1.29, 1.82) is 0 Å². The van der Waals surface area contributed by atoms with Crippen molar-refractivity contribution in [3.8, 4) is 0 Å². The summed E-state index contributed by atoms with van der Waals surface area (Å²) in [7, 11) is 0. The van der Waals surface area contributed by atoms with Gasteiger partial charge in [0.25, 0.3) is 0 Å². The van der Waals surface area contributed by atoms with Crippen LogP contribution in [-0.4, -0.2) is 27.6 Å². The van der Waals surface area contributed by atoms with Crippen molar-refractivity contribution in [2.75, 3.05) is 11.5 Å².